The van der Waals surface area contributed by atoms with Crippen molar-refractivity contribution in [2.75, 3.05) is 26.7 Å². The lowest BCUT2D eigenvalue weighted by Crippen LogP contribution is -2.21. The molecule has 2 aromatic rings. The van der Waals surface area contributed by atoms with Crippen LogP contribution in [0, 0.1) is 0 Å². The van der Waals surface area contributed by atoms with Gasteiger partial charge >= 0.3 is 0 Å². The van der Waals surface area contributed by atoms with Gasteiger partial charge in [-0.25, -0.2) is 0 Å². The van der Waals surface area contributed by atoms with Gasteiger partial charge < -0.3 is 14.2 Å². The largest absolute Gasteiger partial charge is 0.493 e. The fourth-order valence-corrected chi connectivity index (χ4v) is 3.84. The summed E-state index contributed by atoms with van der Waals surface area (Å²) < 4.78 is 8.28. The van der Waals surface area contributed by atoms with Crippen LogP contribution in [0.15, 0.2) is 12.1 Å². The number of ether oxygens (including phenoxy) is 1. The van der Waals surface area contributed by atoms with Gasteiger partial charge in [-0.1, -0.05) is 0 Å². The number of aryl methyl sites for hydroxylation is 2. The second-order valence-electron chi connectivity index (χ2n) is 6.18. The van der Waals surface area contributed by atoms with E-state index in [1.165, 1.54) is 35.0 Å². The highest BCUT2D eigenvalue weighted by Crippen LogP contribution is 2.37. The monoisotopic (exact) mass is 270 g/mol. The molecule has 0 unspecified atom stereocenters. The van der Waals surface area contributed by atoms with Crippen LogP contribution in [0.5, 0.6) is 5.75 Å². The molecule has 2 aliphatic heterocycles. The molecule has 3 heteroatoms. The lowest BCUT2D eigenvalue weighted by molar-refractivity contribution is 0.289. The summed E-state index contributed by atoms with van der Waals surface area (Å²) in [5, 5.41) is 1.50. The highest BCUT2D eigenvalue weighted by molar-refractivity contribution is 5.91. The van der Waals surface area contributed by atoms with Crippen molar-refractivity contribution in [1.82, 2.24) is 9.47 Å². The average Bonchev–Trinajstić information content (AvgIpc) is 2.61. The molecule has 106 valence electrons. The van der Waals surface area contributed by atoms with Crippen LogP contribution >= 0.6 is 0 Å². The van der Waals surface area contributed by atoms with Gasteiger partial charge in [-0.05, 0) is 44.0 Å². The van der Waals surface area contributed by atoms with E-state index >= 15 is 0 Å². The third kappa shape index (κ3) is 1.69. The summed E-state index contributed by atoms with van der Waals surface area (Å²) in [6, 6.07) is 4.42. The SMILES string of the molecule is CN1CCc2c(n(C)c3ccc4c(c23)CCCO4)CC1. The van der Waals surface area contributed by atoms with E-state index in [1.54, 1.807) is 5.56 Å². The van der Waals surface area contributed by atoms with Crippen LogP contribution in [0.25, 0.3) is 10.9 Å². The Morgan fingerprint density at radius 1 is 1.00 bits per heavy atom. The van der Waals surface area contributed by atoms with Crippen LogP contribution in [0.4, 0.5) is 0 Å². The van der Waals surface area contributed by atoms with Gasteiger partial charge in [0.15, 0.2) is 0 Å². The molecule has 0 fully saturated rings. The minimum Gasteiger partial charge on any atom is -0.493 e. The minimum atomic E-state index is 0.871. The second-order valence-corrected chi connectivity index (χ2v) is 6.18. The topological polar surface area (TPSA) is 17.4 Å². The third-order valence-corrected chi connectivity index (χ3v) is 4.97. The predicted octanol–water partition coefficient (Wildman–Crippen LogP) is 2.53. The molecule has 3 nitrogen and oxygen atoms in total. The molecule has 2 aliphatic rings. The Morgan fingerprint density at radius 3 is 2.75 bits per heavy atom. The summed E-state index contributed by atoms with van der Waals surface area (Å²) in [4.78, 5) is 2.44. The van der Waals surface area contributed by atoms with Gasteiger partial charge in [0.1, 0.15) is 5.75 Å². The molecule has 1 aromatic heterocycles. The van der Waals surface area contributed by atoms with Crippen molar-refractivity contribution in [3.63, 3.8) is 0 Å². The molecule has 0 atom stereocenters. The lowest BCUT2D eigenvalue weighted by atomic mass is 9.97. The molecule has 0 N–H and O–H groups in total. The van der Waals surface area contributed by atoms with E-state index < -0.39 is 0 Å². The molecule has 4 rings (SSSR count). The van der Waals surface area contributed by atoms with E-state index in [1.807, 2.05) is 0 Å². The first-order valence-corrected chi connectivity index (χ1v) is 7.69. The maximum absolute atomic E-state index is 5.86. The van der Waals surface area contributed by atoms with Gasteiger partial charge in [-0.3, -0.25) is 0 Å². The first kappa shape index (κ1) is 12.3. The van der Waals surface area contributed by atoms with Crippen LogP contribution in [0.2, 0.25) is 0 Å². The molecule has 3 heterocycles. The van der Waals surface area contributed by atoms with Crippen molar-refractivity contribution in [2.45, 2.75) is 25.7 Å². The zero-order valence-corrected chi connectivity index (χ0v) is 12.4. The van der Waals surface area contributed by atoms with E-state index in [2.05, 4.69) is 35.7 Å². The molecule has 0 bridgehead atoms. The van der Waals surface area contributed by atoms with Gasteiger partial charge in [0, 0.05) is 48.7 Å². The van der Waals surface area contributed by atoms with Gasteiger partial charge in [-0.2, -0.15) is 0 Å². The zero-order valence-electron chi connectivity index (χ0n) is 12.4. The number of hydrogen-bond donors (Lipinski definition) is 0. The Labute approximate surface area is 120 Å². The summed E-state index contributed by atoms with van der Waals surface area (Å²) in [5.74, 6) is 1.12. The van der Waals surface area contributed by atoms with Gasteiger partial charge in [0.05, 0.1) is 6.61 Å². The van der Waals surface area contributed by atoms with E-state index in [0.717, 1.165) is 38.3 Å². The number of likely N-dealkylation sites (N-methyl/N-ethyl adjacent to an activating group) is 1. The van der Waals surface area contributed by atoms with Crippen molar-refractivity contribution >= 4 is 10.9 Å². The molecule has 0 saturated carbocycles. The van der Waals surface area contributed by atoms with Crippen molar-refractivity contribution in [3.05, 3.63) is 29.0 Å². The molecule has 0 saturated heterocycles. The number of fused-ring (bicyclic) bond motifs is 5. The quantitative estimate of drug-likeness (QED) is 0.732. The van der Waals surface area contributed by atoms with Crippen LogP contribution < -0.4 is 4.74 Å². The van der Waals surface area contributed by atoms with Crippen molar-refractivity contribution in [3.8, 4) is 5.75 Å². The smallest absolute Gasteiger partial charge is 0.123 e. The van der Waals surface area contributed by atoms with Crippen LogP contribution in [0.1, 0.15) is 23.2 Å². The Morgan fingerprint density at radius 2 is 1.85 bits per heavy atom. The molecule has 0 amide bonds. The van der Waals surface area contributed by atoms with Gasteiger partial charge in [0.2, 0.25) is 0 Å². The molecular formula is C17H22N2O. The number of rotatable bonds is 0. The first-order chi connectivity index (χ1) is 9.75. The standard InChI is InChI=1S/C17H22N2O/c1-18-9-7-12-14(8-10-18)19(2)15-5-6-16-13(17(12)15)4-3-11-20-16/h5-6H,3-4,7-11H2,1-2H3. The van der Waals surface area contributed by atoms with E-state index in [4.69, 9.17) is 4.74 Å². The molecule has 0 aliphatic carbocycles. The van der Waals surface area contributed by atoms with Crippen LogP contribution in [-0.2, 0) is 26.3 Å². The highest BCUT2D eigenvalue weighted by Gasteiger charge is 2.23. The number of benzene rings is 1. The maximum atomic E-state index is 5.86. The molecular weight excluding hydrogens is 248 g/mol. The number of aromatic nitrogens is 1. The van der Waals surface area contributed by atoms with Gasteiger partial charge in [-0.15, -0.1) is 0 Å². The van der Waals surface area contributed by atoms with E-state index in [0.29, 0.717) is 0 Å². The van der Waals surface area contributed by atoms with Crippen molar-refractivity contribution < 1.29 is 4.74 Å². The lowest BCUT2D eigenvalue weighted by Gasteiger charge is -2.19. The van der Waals surface area contributed by atoms with Crippen molar-refractivity contribution in [1.29, 1.82) is 0 Å². The molecule has 20 heavy (non-hydrogen) atoms. The summed E-state index contributed by atoms with van der Waals surface area (Å²) >= 11 is 0. The Balaban J connectivity index is 1.99. The highest BCUT2D eigenvalue weighted by atomic mass is 16.5. The maximum Gasteiger partial charge on any atom is 0.123 e. The van der Waals surface area contributed by atoms with E-state index in [-0.39, 0.29) is 0 Å². The average molecular weight is 270 g/mol. The fraction of sp³-hybridized carbons (Fsp3) is 0.529. The molecule has 0 radical (unpaired) electrons. The Bertz CT molecular complexity index is 671. The fourth-order valence-electron chi connectivity index (χ4n) is 3.84. The van der Waals surface area contributed by atoms with E-state index in [9.17, 15) is 0 Å². The zero-order chi connectivity index (χ0) is 13.7. The predicted molar refractivity (Wildman–Crippen MR) is 81.6 cm³/mol. The number of hydrogen-bond acceptors (Lipinski definition) is 2. The second kappa shape index (κ2) is 4.52. The number of nitrogens with zero attached hydrogens (tertiary/aromatic N) is 2. The minimum absolute atomic E-state index is 0.871. The summed E-state index contributed by atoms with van der Waals surface area (Å²) in [6.45, 7) is 3.20. The Kier molecular flexibility index (Phi) is 2.77. The first-order valence-electron chi connectivity index (χ1n) is 7.69. The third-order valence-electron chi connectivity index (χ3n) is 4.97. The van der Waals surface area contributed by atoms with Crippen LogP contribution in [0.3, 0.4) is 0 Å². The van der Waals surface area contributed by atoms with Crippen molar-refractivity contribution in [2.24, 2.45) is 7.05 Å². The summed E-state index contributed by atoms with van der Waals surface area (Å²) in [6.07, 6.45) is 4.64. The summed E-state index contributed by atoms with van der Waals surface area (Å²) in [5.41, 5.74) is 5.96. The normalized spacial score (nSPS) is 19.3. The van der Waals surface area contributed by atoms with Crippen LogP contribution in [-0.4, -0.2) is 36.2 Å². The molecule has 0 spiro atoms. The molecule has 1 aromatic carbocycles. The summed E-state index contributed by atoms with van der Waals surface area (Å²) in [7, 11) is 4.45. The van der Waals surface area contributed by atoms with Gasteiger partial charge in [0.25, 0.3) is 0 Å². The Hall–Kier alpha value is -1.48.